The molecule has 1 saturated heterocycles. The van der Waals surface area contributed by atoms with Gasteiger partial charge < -0.3 is 15.0 Å². The molecule has 3 heterocycles. The van der Waals surface area contributed by atoms with E-state index >= 15 is 0 Å². The molecule has 0 aliphatic carbocycles. The lowest BCUT2D eigenvalue weighted by atomic mass is 9.65. The van der Waals surface area contributed by atoms with Crippen molar-refractivity contribution in [3.05, 3.63) is 88.8 Å². The lowest BCUT2D eigenvalue weighted by molar-refractivity contribution is 0.0603. The molecule has 2 aromatic carbocycles. The summed E-state index contributed by atoms with van der Waals surface area (Å²) in [6, 6.07) is 15.8. The number of hydrogen-bond acceptors (Lipinski definition) is 4. The lowest BCUT2D eigenvalue weighted by Crippen LogP contribution is -2.43. The molecule has 2 atom stereocenters. The predicted octanol–water partition coefficient (Wildman–Crippen LogP) is 5.98. The van der Waals surface area contributed by atoms with Crippen LogP contribution >= 0.6 is 11.6 Å². The minimum atomic E-state index is -0.384. The molecule has 0 amide bonds. The first-order valence-corrected chi connectivity index (χ1v) is 12.0. The smallest absolute Gasteiger partial charge is 0.338 e. The van der Waals surface area contributed by atoms with E-state index in [9.17, 15) is 4.79 Å². The van der Waals surface area contributed by atoms with E-state index in [1.54, 1.807) is 0 Å². The second-order valence-electron chi connectivity index (χ2n) is 9.14. The maximum atomic E-state index is 12.7. The van der Waals surface area contributed by atoms with Crippen LogP contribution < -0.4 is 5.32 Å². The average Bonchev–Trinajstić information content (AvgIpc) is 3.34. The zero-order valence-electron chi connectivity index (χ0n) is 19.4. The van der Waals surface area contributed by atoms with Crippen LogP contribution in [-0.4, -0.2) is 36.1 Å². The number of aromatic nitrogens is 2. The van der Waals surface area contributed by atoms with Crippen molar-refractivity contribution in [2.45, 2.75) is 25.2 Å². The summed E-state index contributed by atoms with van der Waals surface area (Å²) in [5.41, 5.74) is 5.43. The minimum Gasteiger partial charge on any atom is -0.465 e. The van der Waals surface area contributed by atoms with Crippen molar-refractivity contribution >= 4 is 28.5 Å². The minimum absolute atomic E-state index is 0.327. The maximum absolute atomic E-state index is 12.7. The Morgan fingerprint density at radius 1 is 1.15 bits per heavy atom. The van der Waals surface area contributed by atoms with Crippen molar-refractivity contribution in [3.8, 4) is 11.1 Å². The second kappa shape index (κ2) is 9.24. The topological polar surface area (TPSA) is 67.0 Å². The van der Waals surface area contributed by atoms with E-state index in [2.05, 4.69) is 34.5 Å². The van der Waals surface area contributed by atoms with Crippen LogP contribution in [0.5, 0.6) is 0 Å². The van der Waals surface area contributed by atoms with Crippen molar-refractivity contribution in [3.63, 3.8) is 0 Å². The van der Waals surface area contributed by atoms with Gasteiger partial charge in [-0.05, 0) is 78.9 Å². The molecule has 1 fully saturated rings. The summed E-state index contributed by atoms with van der Waals surface area (Å²) in [6.45, 7) is 4.20. The number of fused-ring (bicyclic) bond motifs is 1. The van der Waals surface area contributed by atoms with E-state index in [1.165, 1.54) is 7.11 Å². The fourth-order valence-electron chi connectivity index (χ4n) is 5.35. The molecule has 6 heteroatoms. The van der Waals surface area contributed by atoms with Crippen LogP contribution in [-0.2, 0) is 10.2 Å². The Labute approximate surface area is 204 Å². The number of carbonyl (C=O) groups excluding carboxylic acids is 1. The van der Waals surface area contributed by atoms with Gasteiger partial charge in [0.05, 0.1) is 12.7 Å². The van der Waals surface area contributed by atoms with Gasteiger partial charge in [-0.1, -0.05) is 36.7 Å². The Balaban J connectivity index is 1.72. The molecule has 4 aromatic rings. The van der Waals surface area contributed by atoms with Gasteiger partial charge in [0.1, 0.15) is 0 Å². The Hall–Kier alpha value is -3.15. The molecule has 1 aliphatic heterocycles. The van der Waals surface area contributed by atoms with Gasteiger partial charge in [-0.3, -0.25) is 4.98 Å². The Bertz CT molecular complexity index is 1330. The third kappa shape index (κ3) is 3.89. The quantitative estimate of drug-likeness (QED) is 0.350. The number of halogens is 1. The van der Waals surface area contributed by atoms with E-state index in [1.807, 2.05) is 54.9 Å². The summed E-state index contributed by atoms with van der Waals surface area (Å²) in [5.74, 6) is -0.00294. The van der Waals surface area contributed by atoms with Gasteiger partial charge in [0, 0.05) is 45.5 Å². The summed E-state index contributed by atoms with van der Waals surface area (Å²) >= 11 is 6.12. The van der Waals surface area contributed by atoms with Gasteiger partial charge in [0.25, 0.3) is 0 Å². The number of benzene rings is 2. The van der Waals surface area contributed by atoms with Gasteiger partial charge >= 0.3 is 5.97 Å². The molecule has 0 spiro atoms. The van der Waals surface area contributed by atoms with Crippen LogP contribution in [0.25, 0.3) is 22.0 Å². The van der Waals surface area contributed by atoms with E-state index in [0.29, 0.717) is 16.5 Å². The average molecular weight is 474 g/mol. The number of carbonyl (C=O) groups is 1. The molecular formula is C28H28ClN3O2. The highest BCUT2D eigenvalue weighted by Crippen LogP contribution is 2.46. The number of pyridine rings is 1. The van der Waals surface area contributed by atoms with Gasteiger partial charge in [-0.2, -0.15) is 0 Å². The van der Waals surface area contributed by atoms with Crippen molar-refractivity contribution < 1.29 is 9.53 Å². The van der Waals surface area contributed by atoms with E-state index < -0.39 is 0 Å². The molecule has 5 rings (SSSR count). The van der Waals surface area contributed by atoms with Crippen LogP contribution in [0.2, 0.25) is 5.02 Å². The fraction of sp³-hybridized carbons (Fsp3) is 0.286. The first-order valence-electron chi connectivity index (χ1n) is 11.6. The maximum Gasteiger partial charge on any atom is 0.338 e. The third-order valence-electron chi connectivity index (χ3n) is 7.30. The number of aromatic amines is 1. The van der Waals surface area contributed by atoms with E-state index in [-0.39, 0.29) is 11.4 Å². The van der Waals surface area contributed by atoms with Gasteiger partial charge in [0.15, 0.2) is 0 Å². The Morgan fingerprint density at radius 3 is 2.71 bits per heavy atom. The standard InChI is InChI=1S/C28H28ClN3O2/c1-28(20-5-4-12-30-15-20,21-13-19(14-31-16-21)18-8-10-22(29)11-9-18)24-17-32-25-7-3-6-23(26(24)25)27(33)34-2/h3,6-11,13-14,16-17,20,30,32H,4-5,12,15H2,1-2H3. The van der Waals surface area contributed by atoms with Crippen molar-refractivity contribution in [1.82, 2.24) is 15.3 Å². The number of rotatable bonds is 5. The molecule has 0 radical (unpaired) electrons. The van der Waals surface area contributed by atoms with E-state index in [0.717, 1.165) is 59.1 Å². The molecule has 2 unspecified atom stereocenters. The molecule has 0 saturated carbocycles. The molecule has 5 nitrogen and oxygen atoms in total. The zero-order chi connectivity index (χ0) is 23.7. The molecule has 174 valence electrons. The highest BCUT2D eigenvalue weighted by atomic mass is 35.5. The third-order valence-corrected chi connectivity index (χ3v) is 7.55. The number of ether oxygens (including phenoxy) is 1. The number of hydrogen-bond donors (Lipinski definition) is 2. The van der Waals surface area contributed by atoms with Gasteiger partial charge in [0.2, 0.25) is 0 Å². The number of H-pyrrole nitrogens is 1. The lowest BCUT2D eigenvalue weighted by Gasteiger charge is -2.41. The number of nitrogens with zero attached hydrogens (tertiary/aromatic N) is 1. The highest BCUT2D eigenvalue weighted by Gasteiger charge is 2.41. The van der Waals surface area contributed by atoms with Crippen LogP contribution in [0.1, 0.15) is 41.3 Å². The van der Waals surface area contributed by atoms with Crippen LogP contribution in [0.15, 0.2) is 67.1 Å². The van der Waals surface area contributed by atoms with E-state index in [4.69, 9.17) is 16.3 Å². The van der Waals surface area contributed by atoms with Gasteiger partial charge in [-0.15, -0.1) is 0 Å². The summed E-state index contributed by atoms with van der Waals surface area (Å²) in [7, 11) is 1.43. The van der Waals surface area contributed by atoms with Gasteiger partial charge in [-0.25, -0.2) is 4.79 Å². The summed E-state index contributed by atoms with van der Waals surface area (Å²) < 4.78 is 5.13. The summed E-state index contributed by atoms with van der Waals surface area (Å²) in [5, 5.41) is 5.21. The zero-order valence-corrected chi connectivity index (χ0v) is 20.2. The second-order valence-corrected chi connectivity index (χ2v) is 9.57. The monoisotopic (exact) mass is 473 g/mol. The molecule has 2 aromatic heterocycles. The molecule has 1 aliphatic rings. The molecule has 0 bridgehead atoms. The molecular weight excluding hydrogens is 446 g/mol. The normalized spacial score (nSPS) is 17.9. The SMILES string of the molecule is COC(=O)c1cccc2[nH]cc(C(C)(c3cncc(-c4ccc(Cl)cc4)c3)C3CCCNC3)c12. The number of esters is 1. The fourth-order valence-corrected chi connectivity index (χ4v) is 5.48. The van der Waals surface area contributed by atoms with Crippen molar-refractivity contribution in [2.24, 2.45) is 5.92 Å². The first kappa shape index (κ1) is 22.6. The van der Waals surface area contributed by atoms with Crippen LogP contribution in [0, 0.1) is 5.92 Å². The summed E-state index contributed by atoms with van der Waals surface area (Å²) in [6.07, 6.45) is 8.11. The Morgan fingerprint density at radius 2 is 1.97 bits per heavy atom. The van der Waals surface area contributed by atoms with Crippen LogP contribution in [0.4, 0.5) is 0 Å². The largest absolute Gasteiger partial charge is 0.465 e. The van der Waals surface area contributed by atoms with Crippen LogP contribution in [0.3, 0.4) is 0 Å². The highest BCUT2D eigenvalue weighted by molar-refractivity contribution is 6.30. The van der Waals surface area contributed by atoms with Crippen molar-refractivity contribution in [2.75, 3.05) is 20.2 Å². The van der Waals surface area contributed by atoms with Crippen molar-refractivity contribution in [1.29, 1.82) is 0 Å². The molecule has 34 heavy (non-hydrogen) atoms. The Kier molecular flexibility index (Phi) is 6.15. The number of piperidine rings is 1. The predicted molar refractivity (Wildman–Crippen MR) is 136 cm³/mol. The molecule has 2 N–H and O–H groups in total. The number of nitrogens with one attached hydrogen (secondary N) is 2. The summed E-state index contributed by atoms with van der Waals surface area (Å²) in [4.78, 5) is 20.8. The first-order chi connectivity index (χ1) is 16.5. The number of methoxy groups -OCH3 is 1.